The number of hydrogen-bond donors (Lipinski definition) is 2. The van der Waals surface area contributed by atoms with E-state index in [1.165, 1.54) is 0 Å². The number of rotatable bonds is 4. The van der Waals surface area contributed by atoms with Gasteiger partial charge in [0.25, 0.3) is 0 Å². The average Bonchev–Trinajstić information content (AvgIpc) is 2.99. The third kappa shape index (κ3) is 3.24. The molecular formula is C15H13N3OS2. The van der Waals surface area contributed by atoms with Gasteiger partial charge in [0.1, 0.15) is 5.03 Å². The van der Waals surface area contributed by atoms with Gasteiger partial charge in [-0.3, -0.25) is 0 Å². The molecule has 0 fully saturated rings. The van der Waals surface area contributed by atoms with Crippen molar-refractivity contribution < 1.29 is 5.11 Å². The van der Waals surface area contributed by atoms with E-state index >= 15 is 0 Å². The Morgan fingerprint density at radius 3 is 2.76 bits per heavy atom. The lowest BCUT2D eigenvalue weighted by Gasteiger charge is -2.08. The molecule has 2 aromatic heterocycles. The van der Waals surface area contributed by atoms with Gasteiger partial charge in [0.05, 0.1) is 16.5 Å². The fourth-order valence-corrected chi connectivity index (χ4v) is 3.69. The summed E-state index contributed by atoms with van der Waals surface area (Å²) < 4.78 is 1.15. The number of benzene rings is 1. The molecule has 3 aromatic rings. The molecule has 0 unspecified atom stereocenters. The van der Waals surface area contributed by atoms with Crippen LogP contribution in [0.25, 0.3) is 11.3 Å². The third-order valence-corrected chi connectivity index (χ3v) is 4.84. The highest BCUT2D eigenvalue weighted by Gasteiger charge is 2.10. The molecule has 0 amide bonds. The number of aliphatic hydroxyl groups is 1. The van der Waals surface area contributed by atoms with Crippen LogP contribution in [0.5, 0.6) is 0 Å². The first-order valence-corrected chi connectivity index (χ1v) is 8.01. The second-order valence-corrected chi connectivity index (χ2v) is 6.57. The molecule has 0 spiro atoms. The summed E-state index contributed by atoms with van der Waals surface area (Å²) >= 11 is 3.21. The van der Waals surface area contributed by atoms with Gasteiger partial charge < -0.3 is 10.8 Å². The van der Waals surface area contributed by atoms with Crippen molar-refractivity contribution in [3.63, 3.8) is 0 Å². The van der Waals surface area contributed by atoms with Gasteiger partial charge in [0, 0.05) is 5.56 Å². The standard InChI is InChI=1S/C15H13N3OS2/c16-15-17-12(11-5-2-1-4-10(11)9-19)8-13(18-15)21-14-6-3-7-20-14/h1-8,19H,9H2,(H2,16,17,18). The predicted octanol–water partition coefficient (Wildman–Crippen LogP) is 3.43. The molecule has 0 bridgehead atoms. The maximum absolute atomic E-state index is 9.45. The molecule has 21 heavy (non-hydrogen) atoms. The number of hydrogen-bond acceptors (Lipinski definition) is 6. The Morgan fingerprint density at radius 2 is 2.00 bits per heavy atom. The lowest BCUT2D eigenvalue weighted by molar-refractivity contribution is 0.282. The Morgan fingerprint density at radius 1 is 1.14 bits per heavy atom. The lowest BCUT2D eigenvalue weighted by Crippen LogP contribution is -1.99. The molecule has 4 nitrogen and oxygen atoms in total. The summed E-state index contributed by atoms with van der Waals surface area (Å²) in [4.78, 5) is 8.55. The van der Waals surface area contributed by atoms with Crippen LogP contribution in [0.3, 0.4) is 0 Å². The van der Waals surface area contributed by atoms with Crippen molar-refractivity contribution in [2.24, 2.45) is 0 Å². The predicted molar refractivity (Wildman–Crippen MR) is 86.2 cm³/mol. The van der Waals surface area contributed by atoms with E-state index in [2.05, 4.69) is 9.97 Å². The molecule has 3 N–H and O–H groups in total. The molecule has 0 radical (unpaired) electrons. The Balaban J connectivity index is 2.01. The molecule has 2 heterocycles. The summed E-state index contributed by atoms with van der Waals surface area (Å²) in [7, 11) is 0. The van der Waals surface area contributed by atoms with Crippen molar-refractivity contribution in [1.29, 1.82) is 0 Å². The Hall–Kier alpha value is -1.89. The first kappa shape index (κ1) is 14.1. The second-order valence-electron chi connectivity index (χ2n) is 4.30. The smallest absolute Gasteiger partial charge is 0.221 e. The third-order valence-electron chi connectivity index (χ3n) is 2.88. The van der Waals surface area contributed by atoms with Gasteiger partial charge in [0.15, 0.2) is 0 Å². The second kappa shape index (κ2) is 6.26. The van der Waals surface area contributed by atoms with Crippen molar-refractivity contribution in [2.45, 2.75) is 15.8 Å². The number of thiophene rings is 1. The molecule has 0 atom stereocenters. The first-order chi connectivity index (χ1) is 10.3. The first-order valence-electron chi connectivity index (χ1n) is 6.31. The summed E-state index contributed by atoms with van der Waals surface area (Å²) in [5.74, 6) is 0.235. The molecule has 0 saturated heterocycles. The summed E-state index contributed by atoms with van der Waals surface area (Å²) in [5, 5.41) is 12.3. The van der Waals surface area contributed by atoms with E-state index in [0.717, 1.165) is 26.1 Å². The number of nitrogens with zero attached hydrogens (tertiary/aromatic N) is 2. The van der Waals surface area contributed by atoms with Gasteiger partial charge in [0.2, 0.25) is 5.95 Å². The Kier molecular flexibility index (Phi) is 4.19. The number of aliphatic hydroxyl groups excluding tert-OH is 1. The molecule has 0 aliphatic heterocycles. The van der Waals surface area contributed by atoms with E-state index in [1.54, 1.807) is 23.1 Å². The minimum absolute atomic E-state index is 0.0342. The van der Waals surface area contributed by atoms with Gasteiger partial charge in [-0.2, -0.15) is 0 Å². The van der Waals surface area contributed by atoms with Crippen LogP contribution in [-0.2, 0) is 6.61 Å². The molecule has 1 aromatic carbocycles. The van der Waals surface area contributed by atoms with Crippen molar-refractivity contribution in [3.05, 3.63) is 53.4 Å². The van der Waals surface area contributed by atoms with Crippen LogP contribution >= 0.6 is 23.1 Å². The summed E-state index contributed by atoms with van der Waals surface area (Å²) in [6, 6.07) is 13.5. The van der Waals surface area contributed by atoms with Crippen molar-refractivity contribution >= 4 is 29.0 Å². The summed E-state index contributed by atoms with van der Waals surface area (Å²) in [6.07, 6.45) is 0. The maximum atomic E-state index is 9.45. The van der Waals surface area contributed by atoms with Crippen LogP contribution in [0.4, 0.5) is 5.95 Å². The maximum Gasteiger partial charge on any atom is 0.221 e. The van der Waals surface area contributed by atoms with E-state index in [-0.39, 0.29) is 12.6 Å². The highest BCUT2D eigenvalue weighted by molar-refractivity contribution is 8.01. The monoisotopic (exact) mass is 315 g/mol. The van der Waals surface area contributed by atoms with E-state index in [9.17, 15) is 5.11 Å². The normalized spacial score (nSPS) is 10.7. The van der Waals surface area contributed by atoms with Crippen LogP contribution in [0.2, 0.25) is 0 Å². The van der Waals surface area contributed by atoms with Gasteiger partial charge in [-0.05, 0) is 23.1 Å². The van der Waals surface area contributed by atoms with E-state index in [1.807, 2.05) is 47.8 Å². The number of nitrogen functional groups attached to an aromatic ring is 1. The fourth-order valence-electron chi connectivity index (χ4n) is 1.97. The van der Waals surface area contributed by atoms with Crippen LogP contribution in [0.1, 0.15) is 5.56 Å². The minimum Gasteiger partial charge on any atom is -0.392 e. The highest BCUT2D eigenvalue weighted by atomic mass is 32.2. The van der Waals surface area contributed by atoms with Crippen molar-refractivity contribution in [1.82, 2.24) is 9.97 Å². The van der Waals surface area contributed by atoms with Crippen molar-refractivity contribution in [2.75, 3.05) is 5.73 Å². The largest absolute Gasteiger partial charge is 0.392 e. The zero-order valence-electron chi connectivity index (χ0n) is 11.1. The zero-order valence-corrected chi connectivity index (χ0v) is 12.7. The average molecular weight is 315 g/mol. The van der Waals surface area contributed by atoms with Gasteiger partial charge in [-0.15, -0.1) is 11.3 Å². The number of nitrogens with two attached hydrogens (primary N) is 1. The quantitative estimate of drug-likeness (QED) is 0.722. The number of anilines is 1. The molecule has 0 saturated carbocycles. The van der Waals surface area contributed by atoms with E-state index < -0.39 is 0 Å². The molecule has 3 rings (SSSR count). The van der Waals surface area contributed by atoms with Crippen LogP contribution < -0.4 is 5.73 Å². The molecule has 0 aliphatic carbocycles. The zero-order chi connectivity index (χ0) is 14.7. The Labute approximate surface area is 130 Å². The lowest BCUT2D eigenvalue weighted by atomic mass is 10.1. The molecule has 6 heteroatoms. The van der Waals surface area contributed by atoms with Gasteiger partial charge in [-0.25, -0.2) is 9.97 Å². The highest BCUT2D eigenvalue weighted by Crippen LogP contribution is 2.32. The molecular weight excluding hydrogens is 302 g/mol. The van der Waals surface area contributed by atoms with Gasteiger partial charge >= 0.3 is 0 Å². The molecule has 106 valence electrons. The topological polar surface area (TPSA) is 72.0 Å². The van der Waals surface area contributed by atoms with E-state index in [0.29, 0.717) is 0 Å². The summed E-state index contributed by atoms with van der Waals surface area (Å²) in [6.45, 7) is -0.0342. The van der Waals surface area contributed by atoms with Crippen LogP contribution in [-0.4, -0.2) is 15.1 Å². The van der Waals surface area contributed by atoms with Crippen molar-refractivity contribution in [3.8, 4) is 11.3 Å². The summed E-state index contributed by atoms with van der Waals surface area (Å²) in [5.41, 5.74) is 8.25. The Bertz CT molecular complexity index is 744. The van der Waals surface area contributed by atoms with Gasteiger partial charge in [-0.1, -0.05) is 42.1 Å². The van der Waals surface area contributed by atoms with E-state index in [4.69, 9.17) is 5.73 Å². The SMILES string of the molecule is Nc1nc(Sc2cccs2)cc(-c2ccccc2CO)n1. The minimum atomic E-state index is -0.0342. The number of aromatic nitrogens is 2. The van der Waals surface area contributed by atoms with Crippen LogP contribution in [0, 0.1) is 0 Å². The fraction of sp³-hybridized carbons (Fsp3) is 0.0667. The van der Waals surface area contributed by atoms with Crippen LogP contribution in [0.15, 0.2) is 57.1 Å². The molecule has 0 aliphatic rings.